The lowest BCUT2D eigenvalue weighted by atomic mass is 9.87. The minimum atomic E-state index is -0.930. The molecule has 0 aliphatic heterocycles. The molecule has 0 aliphatic rings. The van der Waals surface area contributed by atoms with Crippen molar-refractivity contribution in [2.75, 3.05) is 6.54 Å². The molecule has 19 heavy (non-hydrogen) atoms. The Morgan fingerprint density at radius 1 is 1.42 bits per heavy atom. The van der Waals surface area contributed by atoms with E-state index in [0.29, 0.717) is 18.4 Å². The highest BCUT2D eigenvalue weighted by atomic mass is 19.1. The van der Waals surface area contributed by atoms with Crippen molar-refractivity contribution in [1.82, 2.24) is 0 Å². The number of benzene rings is 1. The van der Waals surface area contributed by atoms with Crippen LogP contribution in [0.5, 0.6) is 0 Å². The molecule has 106 valence electrons. The zero-order valence-electron chi connectivity index (χ0n) is 10.9. The summed E-state index contributed by atoms with van der Waals surface area (Å²) in [6.07, 6.45) is 1.52. The summed E-state index contributed by atoms with van der Waals surface area (Å²) in [6, 6.07) is 3.47. The van der Waals surface area contributed by atoms with Crippen LogP contribution in [-0.4, -0.2) is 17.6 Å². The average Bonchev–Trinajstić information content (AvgIpc) is 2.36. The van der Waals surface area contributed by atoms with E-state index in [4.69, 9.17) is 10.8 Å². The van der Waals surface area contributed by atoms with Gasteiger partial charge < -0.3 is 10.8 Å². The van der Waals surface area contributed by atoms with Gasteiger partial charge in [-0.25, -0.2) is 8.78 Å². The fourth-order valence-electron chi connectivity index (χ4n) is 2.09. The summed E-state index contributed by atoms with van der Waals surface area (Å²) in [5, 5.41) is 8.97. The van der Waals surface area contributed by atoms with E-state index in [1.807, 2.05) is 6.92 Å². The van der Waals surface area contributed by atoms with Gasteiger partial charge in [0.25, 0.3) is 0 Å². The molecule has 0 fully saturated rings. The van der Waals surface area contributed by atoms with Gasteiger partial charge in [-0.15, -0.1) is 0 Å². The van der Waals surface area contributed by atoms with Gasteiger partial charge in [0.2, 0.25) is 0 Å². The highest BCUT2D eigenvalue weighted by Gasteiger charge is 2.21. The number of aliphatic carboxylic acids is 1. The molecule has 1 rings (SSSR count). The molecular weight excluding hydrogens is 252 g/mol. The third-order valence-corrected chi connectivity index (χ3v) is 3.35. The zero-order valence-corrected chi connectivity index (χ0v) is 10.9. The van der Waals surface area contributed by atoms with Gasteiger partial charge in [0.05, 0.1) is 5.92 Å². The summed E-state index contributed by atoms with van der Waals surface area (Å²) in [5.41, 5.74) is 5.83. The number of nitrogens with two attached hydrogens (primary N) is 1. The van der Waals surface area contributed by atoms with Gasteiger partial charge >= 0.3 is 5.97 Å². The van der Waals surface area contributed by atoms with Crippen molar-refractivity contribution in [2.45, 2.75) is 26.2 Å². The third kappa shape index (κ3) is 4.59. The van der Waals surface area contributed by atoms with Crippen molar-refractivity contribution in [3.63, 3.8) is 0 Å². The summed E-state index contributed by atoms with van der Waals surface area (Å²) >= 11 is 0. The lowest BCUT2D eigenvalue weighted by Crippen LogP contribution is -2.26. The van der Waals surface area contributed by atoms with Crippen LogP contribution in [0.4, 0.5) is 8.78 Å². The van der Waals surface area contributed by atoms with E-state index in [0.717, 1.165) is 12.5 Å². The van der Waals surface area contributed by atoms with Crippen LogP contribution in [0.2, 0.25) is 0 Å². The Morgan fingerprint density at radius 3 is 2.58 bits per heavy atom. The Hall–Kier alpha value is -1.49. The van der Waals surface area contributed by atoms with Gasteiger partial charge in [0.15, 0.2) is 0 Å². The summed E-state index contributed by atoms with van der Waals surface area (Å²) in [5.74, 6) is -2.73. The smallest absolute Gasteiger partial charge is 0.307 e. The molecule has 1 aromatic rings. The van der Waals surface area contributed by atoms with Crippen molar-refractivity contribution in [2.24, 2.45) is 17.6 Å². The molecule has 2 atom stereocenters. The quantitative estimate of drug-likeness (QED) is 0.801. The largest absolute Gasteiger partial charge is 0.481 e. The van der Waals surface area contributed by atoms with E-state index < -0.39 is 23.5 Å². The normalized spacial score (nSPS) is 14.1. The first kappa shape index (κ1) is 15.6. The first-order valence-corrected chi connectivity index (χ1v) is 6.34. The Labute approximate surface area is 111 Å². The van der Waals surface area contributed by atoms with Crippen LogP contribution in [0.15, 0.2) is 18.2 Å². The van der Waals surface area contributed by atoms with Crippen LogP contribution in [-0.2, 0) is 11.2 Å². The Balaban J connectivity index is 2.73. The van der Waals surface area contributed by atoms with Crippen molar-refractivity contribution in [3.05, 3.63) is 35.4 Å². The number of hydrogen-bond donors (Lipinski definition) is 2. The molecule has 0 aromatic heterocycles. The molecule has 1 aromatic carbocycles. The van der Waals surface area contributed by atoms with Gasteiger partial charge in [0.1, 0.15) is 11.6 Å². The third-order valence-electron chi connectivity index (χ3n) is 3.35. The van der Waals surface area contributed by atoms with Gasteiger partial charge in [-0.3, -0.25) is 4.79 Å². The molecule has 0 unspecified atom stereocenters. The van der Waals surface area contributed by atoms with E-state index in [2.05, 4.69) is 0 Å². The zero-order chi connectivity index (χ0) is 14.4. The van der Waals surface area contributed by atoms with Gasteiger partial charge in [-0.2, -0.15) is 0 Å². The van der Waals surface area contributed by atoms with E-state index in [1.54, 1.807) is 0 Å². The SMILES string of the molecule is CC[C@H](Cc1ccc(F)cc1F)C[C@H](CN)C(=O)O. The second-order valence-corrected chi connectivity index (χ2v) is 4.72. The van der Waals surface area contributed by atoms with E-state index in [9.17, 15) is 13.6 Å². The molecule has 0 saturated heterocycles. The van der Waals surface area contributed by atoms with Crippen molar-refractivity contribution in [1.29, 1.82) is 0 Å². The van der Waals surface area contributed by atoms with Crippen LogP contribution in [0.25, 0.3) is 0 Å². The van der Waals surface area contributed by atoms with E-state index in [-0.39, 0.29) is 12.5 Å². The van der Waals surface area contributed by atoms with Crippen LogP contribution in [0.3, 0.4) is 0 Å². The number of carboxylic acid groups (broad SMARTS) is 1. The summed E-state index contributed by atoms with van der Waals surface area (Å²) in [7, 11) is 0. The molecular formula is C14H19F2NO2. The molecule has 0 saturated carbocycles. The van der Waals surface area contributed by atoms with E-state index >= 15 is 0 Å². The second kappa shape index (κ2) is 7.19. The Bertz CT molecular complexity index is 437. The Morgan fingerprint density at radius 2 is 2.11 bits per heavy atom. The molecule has 5 heteroatoms. The summed E-state index contributed by atoms with van der Waals surface area (Å²) in [4.78, 5) is 10.9. The molecule has 0 bridgehead atoms. The summed E-state index contributed by atoms with van der Waals surface area (Å²) in [6.45, 7) is 1.99. The van der Waals surface area contributed by atoms with Crippen molar-refractivity contribution in [3.8, 4) is 0 Å². The number of carbonyl (C=O) groups is 1. The minimum Gasteiger partial charge on any atom is -0.481 e. The maximum absolute atomic E-state index is 13.5. The fraction of sp³-hybridized carbons (Fsp3) is 0.500. The molecule has 3 N–H and O–H groups in total. The molecule has 0 aliphatic carbocycles. The molecule has 0 spiro atoms. The highest BCUT2D eigenvalue weighted by molar-refractivity contribution is 5.70. The lowest BCUT2D eigenvalue weighted by molar-refractivity contribution is -0.142. The number of rotatable bonds is 7. The fourth-order valence-corrected chi connectivity index (χ4v) is 2.09. The molecule has 3 nitrogen and oxygen atoms in total. The molecule has 0 radical (unpaired) electrons. The maximum atomic E-state index is 13.5. The van der Waals surface area contributed by atoms with E-state index in [1.165, 1.54) is 12.1 Å². The van der Waals surface area contributed by atoms with Crippen LogP contribution in [0.1, 0.15) is 25.3 Å². The molecule has 0 amide bonds. The first-order chi connectivity index (χ1) is 8.97. The monoisotopic (exact) mass is 271 g/mol. The van der Waals surface area contributed by atoms with Crippen molar-refractivity contribution < 1.29 is 18.7 Å². The average molecular weight is 271 g/mol. The Kier molecular flexibility index (Phi) is 5.89. The predicted molar refractivity (Wildman–Crippen MR) is 68.6 cm³/mol. The maximum Gasteiger partial charge on any atom is 0.307 e. The van der Waals surface area contributed by atoms with Gasteiger partial charge in [-0.1, -0.05) is 19.4 Å². The van der Waals surface area contributed by atoms with Crippen molar-refractivity contribution >= 4 is 5.97 Å². The summed E-state index contributed by atoms with van der Waals surface area (Å²) < 4.78 is 26.3. The van der Waals surface area contributed by atoms with Gasteiger partial charge in [0, 0.05) is 12.6 Å². The van der Waals surface area contributed by atoms with Gasteiger partial charge in [-0.05, 0) is 30.4 Å². The predicted octanol–water partition coefficient (Wildman–Crippen LogP) is 2.58. The number of halogens is 2. The number of carboxylic acids is 1. The van der Waals surface area contributed by atoms with Crippen LogP contribution in [0, 0.1) is 23.5 Å². The first-order valence-electron chi connectivity index (χ1n) is 6.34. The minimum absolute atomic E-state index is 0.0182. The van der Waals surface area contributed by atoms with Crippen LogP contribution < -0.4 is 5.73 Å². The number of hydrogen-bond acceptors (Lipinski definition) is 2. The topological polar surface area (TPSA) is 63.3 Å². The molecule has 0 heterocycles. The standard InChI is InChI=1S/C14H19F2NO2/c1-2-9(6-11(8-17)14(18)19)5-10-3-4-12(15)7-13(10)16/h3-4,7,9,11H,2,5-6,8,17H2,1H3,(H,18,19)/t9-,11-/m1/s1. The lowest BCUT2D eigenvalue weighted by Gasteiger charge is -2.19. The highest BCUT2D eigenvalue weighted by Crippen LogP contribution is 2.22. The van der Waals surface area contributed by atoms with Crippen LogP contribution >= 0.6 is 0 Å². The second-order valence-electron chi connectivity index (χ2n) is 4.72.